The summed E-state index contributed by atoms with van der Waals surface area (Å²) in [5, 5.41) is -0.498. The number of sulfone groups is 1. The maximum absolute atomic E-state index is 12.4. The van der Waals surface area contributed by atoms with Crippen molar-refractivity contribution >= 4 is 15.7 Å². The molecule has 0 bridgehead atoms. The van der Waals surface area contributed by atoms with Gasteiger partial charge in [0.15, 0.2) is 9.84 Å². The fourth-order valence-corrected chi connectivity index (χ4v) is 3.93. The second-order valence-corrected chi connectivity index (χ2v) is 7.97. The van der Waals surface area contributed by atoms with Gasteiger partial charge in [-0.15, -0.1) is 0 Å². The highest BCUT2D eigenvalue weighted by atomic mass is 32.2. The summed E-state index contributed by atoms with van der Waals surface area (Å²) >= 11 is 0. The van der Waals surface area contributed by atoms with Crippen molar-refractivity contribution in [3.63, 3.8) is 0 Å². The van der Waals surface area contributed by atoms with Gasteiger partial charge in [0.1, 0.15) is 11.0 Å². The second-order valence-electron chi connectivity index (χ2n) is 5.74. The molecule has 0 spiro atoms. The number of carbonyl (C=O) groups is 1. The summed E-state index contributed by atoms with van der Waals surface area (Å²) in [5.74, 6) is 0.942. The Morgan fingerprint density at radius 1 is 1.29 bits per heavy atom. The molecule has 0 N–H and O–H groups in total. The molecule has 116 valence electrons. The van der Waals surface area contributed by atoms with Gasteiger partial charge in [-0.1, -0.05) is 13.8 Å². The normalized spacial score (nSPS) is 15.9. The summed E-state index contributed by atoms with van der Waals surface area (Å²) in [6.07, 6.45) is 0.468. The van der Waals surface area contributed by atoms with Crippen molar-refractivity contribution in [1.82, 2.24) is 4.90 Å². The van der Waals surface area contributed by atoms with E-state index in [-0.39, 0.29) is 16.7 Å². The molecular weight excluding hydrogens is 290 g/mol. The van der Waals surface area contributed by atoms with Crippen molar-refractivity contribution in [2.24, 2.45) is 5.92 Å². The molecule has 0 unspecified atom stereocenters. The predicted octanol–water partition coefficient (Wildman–Crippen LogP) is 1.73. The lowest BCUT2D eigenvalue weighted by atomic mass is 10.1. The zero-order valence-corrected chi connectivity index (χ0v) is 13.4. The van der Waals surface area contributed by atoms with Gasteiger partial charge in [-0.3, -0.25) is 4.79 Å². The van der Waals surface area contributed by atoms with Gasteiger partial charge in [0.25, 0.3) is 0 Å². The molecule has 6 heteroatoms. The molecule has 0 atom stereocenters. The lowest BCUT2D eigenvalue weighted by molar-refractivity contribution is -0.135. The Morgan fingerprint density at radius 3 is 2.33 bits per heavy atom. The zero-order valence-electron chi connectivity index (χ0n) is 12.6. The quantitative estimate of drug-likeness (QED) is 0.830. The van der Waals surface area contributed by atoms with Crippen molar-refractivity contribution in [2.45, 2.75) is 30.4 Å². The first-order valence-electron chi connectivity index (χ1n) is 7.00. The summed E-state index contributed by atoms with van der Waals surface area (Å²) < 4.78 is 29.9. The summed E-state index contributed by atoms with van der Waals surface area (Å²) in [7, 11) is -1.84. The van der Waals surface area contributed by atoms with E-state index in [0.717, 1.165) is 0 Å². The minimum absolute atomic E-state index is 0.0335. The smallest absolute Gasteiger partial charge is 0.222 e. The topological polar surface area (TPSA) is 63.7 Å². The first kappa shape index (κ1) is 15.8. The van der Waals surface area contributed by atoms with Crippen LogP contribution in [0.3, 0.4) is 0 Å². The third-order valence-corrected chi connectivity index (χ3v) is 5.72. The van der Waals surface area contributed by atoms with Gasteiger partial charge in [0.2, 0.25) is 5.91 Å². The molecule has 1 aromatic rings. The Kier molecular flexibility index (Phi) is 4.56. The minimum atomic E-state index is -3.37. The molecular formula is C15H21NO4S. The van der Waals surface area contributed by atoms with Crippen molar-refractivity contribution in [1.29, 1.82) is 0 Å². The van der Waals surface area contributed by atoms with E-state index >= 15 is 0 Å². The molecule has 1 aliphatic rings. The van der Waals surface area contributed by atoms with Crippen molar-refractivity contribution < 1.29 is 17.9 Å². The number of nitrogens with zero attached hydrogens (tertiary/aromatic N) is 1. The van der Waals surface area contributed by atoms with E-state index in [0.29, 0.717) is 25.3 Å². The van der Waals surface area contributed by atoms with Crippen LogP contribution in [0, 0.1) is 5.92 Å². The fraction of sp³-hybridized carbons (Fsp3) is 0.533. The van der Waals surface area contributed by atoms with Gasteiger partial charge in [0, 0.05) is 19.5 Å². The standard InChI is InChI=1S/C15H21NO4S/c1-11(2)8-15(17)16-9-14(10-16)21(18,19)13-6-4-12(20-3)5-7-13/h4-7,11,14H,8-10H2,1-3H3. The van der Waals surface area contributed by atoms with E-state index in [1.165, 1.54) is 7.11 Å². The average Bonchev–Trinajstić information content (AvgIpc) is 2.35. The molecule has 0 saturated carbocycles. The number of hydrogen-bond acceptors (Lipinski definition) is 4. The first-order chi connectivity index (χ1) is 9.84. The van der Waals surface area contributed by atoms with Crippen molar-refractivity contribution in [3.8, 4) is 5.75 Å². The highest BCUT2D eigenvalue weighted by Crippen LogP contribution is 2.26. The zero-order chi connectivity index (χ0) is 15.6. The number of hydrogen-bond donors (Lipinski definition) is 0. The number of carbonyl (C=O) groups excluding carboxylic acids is 1. The van der Waals surface area contributed by atoms with Crippen LogP contribution in [0.1, 0.15) is 20.3 Å². The van der Waals surface area contributed by atoms with Crippen molar-refractivity contribution in [2.75, 3.05) is 20.2 Å². The van der Waals surface area contributed by atoms with Gasteiger partial charge in [-0.2, -0.15) is 0 Å². The monoisotopic (exact) mass is 311 g/mol. The fourth-order valence-electron chi connectivity index (χ4n) is 2.27. The molecule has 1 aliphatic heterocycles. The largest absolute Gasteiger partial charge is 0.497 e. The van der Waals surface area contributed by atoms with Crippen LogP contribution < -0.4 is 4.74 Å². The van der Waals surface area contributed by atoms with Crippen LogP contribution in [-0.2, 0) is 14.6 Å². The Labute approximate surface area is 125 Å². The Balaban J connectivity index is 2.01. The summed E-state index contributed by atoms with van der Waals surface area (Å²) in [6, 6.07) is 6.36. The van der Waals surface area contributed by atoms with E-state index < -0.39 is 15.1 Å². The number of methoxy groups -OCH3 is 1. The van der Waals surface area contributed by atoms with Crippen LogP contribution in [0.25, 0.3) is 0 Å². The molecule has 1 saturated heterocycles. The number of ether oxygens (including phenoxy) is 1. The third-order valence-electron chi connectivity index (χ3n) is 3.61. The van der Waals surface area contributed by atoms with Gasteiger partial charge in [0.05, 0.1) is 12.0 Å². The van der Waals surface area contributed by atoms with Crippen LogP contribution in [0.15, 0.2) is 29.2 Å². The second kappa shape index (κ2) is 6.05. The van der Waals surface area contributed by atoms with Gasteiger partial charge < -0.3 is 9.64 Å². The Morgan fingerprint density at radius 2 is 1.86 bits per heavy atom. The Hall–Kier alpha value is -1.56. The van der Waals surface area contributed by atoms with E-state index in [1.807, 2.05) is 13.8 Å². The number of amides is 1. The lowest BCUT2D eigenvalue weighted by Gasteiger charge is -2.39. The Bertz CT molecular complexity index is 601. The molecule has 2 rings (SSSR count). The molecule has 5 nitrogen and oxygen atoms in total. The molecule has 1 heterocycles. The number of rotatable bonds is 5. The predicted molar refractivity (Wildman–Crippen MR) is 80.0 cm³/mol. The lowest BCUT2D eigenvalue weighted by Crippen LogP contribution is -2.57. The van der Waals surface area contributed by atoms with Crippen LogP contribution >= 0.6 is 0 Å². The summed E-state index contributed by atoms with van der Waals surface area (Å²) in [6.45, 7) is 4.53. The molecule has 1 amide bonds. The van der Waals surface area contributed by atoms with E-state index in [4.69, 9.17) is 4.74 Å². The average molecular weight is 311 g/mol. The number of benzene rings is 1. The van der Waals surface area contributed by atoms with Gasteiger partial charge in [-0.05, 0) is 30.2 Å². The minimum Gasteiger partial charge on any atom is -0.497 e. The molecule has 21 heavy (non-hydrogen) atoms. The van der Waals surface area contributed by atoms with E-state index in [2.05, 4.69) is 0 Å². The van der Waals surface area contributed by atoms with Crippen LogP contribution in [0.2, 0.25) is 0 Å². The van der Waals surface area contributed by atoms with E-state index in [9.17, 15) is 13.2 Å². The highest BCUT2D eigenvalue weighted by Gasteiger charge is 2.40. The first-order valence-corrected chi connectivity index (χ1v) is 8.55. The molecule has 0 aliphatic carbocycles. The summed E-state index contributed by atoms with van der Waals surface area (Å²) in [4.78, 5) is 13.7. The molecule has 0 radical (unpaired) electrons. The number of likely N-dealkylation sites (tertiary alicyclic amines) is 1. The SMILES string of the molecule is COc1ccc(S(=O)(=O)C2CN(C(=O)CC(C)C)C2)cc1. The maximum Gasteiger partial charge on any atom is 0.222 e. The van der Waals surface area contributed by atoms with Gasteiger partial charge >= 0.3 is 0 Å². The third kappa shape index (κ3) is 3.37. The van der Waals surface area contributed by atoms with Crippen molar-refractivity contribution in [3.05, 3.63) is 24.3 Å². The summed E-state index contributed by atoms with van der Waals surface area (Å²) in [5.41, 5.74) is 0. The molecule has 1 fully saturated rings. The maximum atomic E-state index is 12.4. The molecule has 0 aromatic heterocycles. The van der Waals surface area contributed by atoms with Crippen LogP contribution in [0.4, 0.5) is 0 Å². The van der Waals surface area contributed by atoms with Crippen LogP contribution in [0.5, 0.6) is 5.75 Å². The van der Waals surface area contributed by atoms with Crippen LogP contribution in [-0.4, -0.2) is 44.7 Å². The molecule has 1 aromatic carbocycles. The highest BCUT2D eigenvalue weighted by molar-refractivity contribution is 7.92. The van der Waals surface area contributed by atoms with Gasteiger partial charge in [-0.25, -0.2) is 8.42 Å². The van der Waals surface area contributed by atoms with E-state index in [1.54, 1.807) is 29.2 Å².